The van der Waals surface area contributed by atoms with Gasteiger partial charge in [0, 0.05) is 11.8 Å². The van der Waals surface area contributed by atoms with Gasteiger partial charge in [-0.05, 0) is 43.2 Å². The minimum Gasteiger partial charge on any atom is -0.454 e. The first kappa shape index (κ1) is 17.1. The number of hydrazone groups is 1. The molecule has 2 aliphatic rings. The van der Waals surface area contributed by atoms with Crippen LogP contribution in [0.25, 0.3) is 0 Å². The lowest BCUT2D eigenvalue weighted by atomic mass is 10.0. The van der Waals surface area contributed by atoms with Crippen molar-refractivity contribution in [1.82, 2.24) is 0 Å². The number of amides is 2. The minimum atomic E-state index is -0.958. The molecule has 4 rings (SSSR count). The van der Waals surface area contributed by atoms with E-state index in [2.05, 4.69) is 10.4 Å². The highest BCUT2D eigenvalue weighted by molar-refractivity contribution is 6.28. The van der Waals surface area contributed by atoms with Gasteiger partial charge in [-0.25, -0.2) is 0 Å². The van der Waals surface area contributed by atoms with E-state index in [-0.39, 0.29) is 6.79 Å². The monoisotopic (exact) mass is 365 g/mol. The molecule has 2 heterocycles. The normalized spacial score (nSPS) is 17.9. The van der Waals surface area contributed by atoms with Crippen molar-refractivity contribution in [2.75, 3.05) is 17.1 Å². The molecule has 1 N–H and O–H groups in total. The Balaban J connectivity index is 1.54. The topological polar surface area (TPSA) is 80.2 Å². The Bertz CT molecular complexity index is 954. The van der Waals surface area contributed by atoms with Crippen LogP contribution in [-0.4, -0.2) is 24.3 Å². The predicted molar refractivity (Wildman–Crippen MR) is 101 cm³/mol. The molecular weight excluding hydrogens is 346 g/mol. The molecule has 0 radical (unpaired) electrons. The van der Waals surface area contributed by atoms with E-state index in [9.17, 15) is 9.59 Å². The summed E-state index contributed by atoms with van der Waals surface area (Å²) in [5.74, 6) is -0.567. The number of carbonyl (C=O) groups excluding carboxylic acids is 2. The fraction of sp³-hybridized carbons (Fsp3) is 0.250. The van der Waals surface area contributed by atoms with Gasteiger partial charge < -0.3 is 14.8 Å². The van der Waals surface area contributed by atoms with Crippen LogP contribution in [0.5, 0.6) is 11.5 Å². The van der Waals surface area contributed by atoms with E-state index in [1.54, 1.807) is 31.2 Å². The Morgan fingerprint density at radius 2 is 2.04 bits per heavy atom. The molecule has 1 unspecified atom stereocenters. The van der Waals surface area contributed by atoms with Crippen LogP contribution in [0.3, 0.4) is 0 Å². The van der Waals surface area contributed by atoms with Crippen molar-refractivity contribution < 1.29 is 19.1 Å². The van der Waals surface area contributed by atoms with Crippen LogP contribution in [0.1, 0.15) is 19.4 Å². The molecule has 0 aromatic heterocycles. The van der Waals surface area contributed by atoms with Gasteiger partial charge in [0.25, 0.3) is 5.91 Å². The molecule has 7 nitrogen and oxygen atoms in total. The number of carbonyl (C=O) groups is 2. The third kappa shape index (κ3) is 3.12. The number of aryl methyl sites for hydroxylation is 1. The maximum absolute atomic E-state index is 12.8. The zero-order valence-electron chi connectivity index (χ0n) is 15.1. The number of hydrogen-bond donors (Lipinski definition) is 1. The lowest BCUT2D eigenvalue weighted by Gasteiger charge is -2.15. The number of nitrogens with zero attached hydrogens (tertiary/aromatic N) is 2. The standard InChI is InChI=1S/C20H19N3O4/c1-3-13-5-4-6-14(9-13)21-19(24)18-12(2)22-23(20(18)25)15-7-8-16-17(10-15)27-11-26-16/h4-10,18H,3,11H2,1-2H3,(H,21,24). The van der Waals surface area contributed by atoms with E-state index in [1.807, 2.05) is 25.1 Å². The van der Waals surface area contributed by atoms with E-state index in [0.29, 0.717) is 28.6 Å². The van der Waals surface area contributed by atoms with Gasteiger partial charge in [-0.3, -0.25) is 9.59 Å². The summed E-state index contributed by atoms with van der Waals surface area (Å²) in [6.45, 7) is 3.87. The van der Waals surface area contributed by atoms with Crippen molar-refractivity contribution in [3.8, 4) is 11.5 Å². The molecule has 27 heavy (non-hydrogen) atoms. The van der Waals surface area contributed by atoms with Crippen LogP contribution in [-0.2, 0) is 16.0 Å². The fourth-order valence-corrected chi connectivity index (χ4v) is 3.15. The minimum absolute atomic E-state index is 0.150. The summed E-state index contributed by atoms with van der Waals surface area (Å²) in [6, 6.07) is 12.7. The zero-order chi connectivity index (χ0) is 19.0. The molecule has 0 fully saturated rings. The van der Waals surface area contributed by atoms with Gasteiger partial charge >= 0.3 is 0 Å². The number of fused-ring (bicyclic) bond motifs is 1. The Labute approximate surface area is 156 Å². The number of anilines is 2. The lowest BCUT2D eigenvalue weighted by Crippen LogP contribution is -2.36. The second-order valence-electron chi connectivity index (χ2n) is 6.41. The van der Waals surface area contributed by atoms with Gasteiger partial charge in [-0.15, -0.1) is 0 Å². The summed E-state index contributed by atoms with van der Waals surface area (Å²) in [5.41, 5.74) is 2.76. The summed E-state index contributed by atoms with van der Waals surface area (Å²) in [4.78, 5) is 25.6. The van der Waals surface area contributed by atoms with Gasteiger partial charge in [-0.1, -0.05) is 19.1 Å². The third-order valence-corrected chi connectivity index (χ3v) is 4.60. The molecule has 0 aliphatic carbocycles. The maximum Gasteiger partial charge on any atom is 0.265 e. The second kappa shape index (κ2) is 6.75. The summed E-state index contributed by atoms with van der Waals surface area (Å²) in [7, 11) is 0. The van der Waals surface area contributed by atoms with Crippen molar-refractivity contribution in [2.45, 2.75) is 20.3 Å². The summed E-state index contributed by atoms with van der Waals surface area (Å²) in [5, 5.41) is 8.35. The molecule has 7 heteroatoms. The van der Waals surface area contributed by atoms with Gasteiger partial charge in [-0.2, -0.15) is 10.1 Å². The molecule has 138 valence electrons. The highest BCUT2D eigenvalue weighted by Gasteiger charge is 2.40. The number of rotatable bonds is 4. The molecule has 2 aliphatic heterocycles. The molecule has 0 saturated heterocycles. The largest absolute Gasteiger partial charge is 0.454 e. The van der Waals surface area contributed by atoms with Gasteiger partial charge in [0.1, 0.15) is 0 Å². The molecule has 0 spiro atoms. The van der Waals surface area contributed by atoms with Crippen molar-refractivity contribution >= 4 is 28.9 Å². The summed E-state index contributed by atoms with van der Waals surface area (Å²) >= 11 is 0. The Morgan fingerprint density at radius 3 is 2.85 bits per heavy atom. The molecule has 2 amide bonds. The first-order valence-corrected chi connectivity index (χ1v) is 8.75. The second-order valence-corrected chi connectivity index (χ2v) is 6.41. The number of benzene rings is 2. The number of nitrogens with one attached hydrogen (secondary N) is 1. The molecular formula is C20H19N3O4. The molecule has 1 atom stereocenters. The fourth-order valence-electron chi connectivity index (χ4n) is 3.15. The average molecular weight is 365 g/mol. The third-order valence-electron chi connectivity index (χ3n) is 4.60. The Hall–Kier alpha value is -3.35. The van der Waals surface area contributed by atoms with E-state index in [4.69, 9.17) is 9.47 Å². The van der Waals surface area contributed by atoms with Crippen molar-refractivity contribution in [3.05, 3.63) is 48.0 Å². The predicted octanol–water partition coefficient (Wildman–Crippen LogP) is 2.96. The van der Waals surface area contributed by atoms with Crippen LogP contribution >= 0.6 is 0 Å². The van der Waals surface area contributed by atoms with Gasteiger partial charge in [0.05, 0.1) is 11.4 Å². The van der Waals surface area contributed by atoms with Crippen LogP contribution in [0.2, 0.25) is 0 Å². The van der Waals surface area contributed by atoms with E-state index in [1.165, 1.54) is 5.01 Å². The summed E-state index contributed by atoms with van der Waals surface area (Å²) in [6.07, 6.45) is 0.866. The van der Waals surface area contributed by atoms with Gasteiger partial charge in [0.15, 0.2) is 17.4 Å². The van der Waals surface area contributed by atoms with Crippen molar-refractivity contribution in [2.24, 2.45) is 11.0 Å². The molecule has 0 bridgehead atoms. The van der Waals surface area contributed by atoms with Gasteiger partial charge in [0.2, 0.25) is 12.7 Å². The molecule has 2 aromatic rings. The van der Waals surface area contributed by atoms with Crippen LogP contribution in [0.15, 0.2) is 47.6 Å². The van der Waals surface area contributed by atoms with Crippen molar-refractivity contribution in [3.63, 3.8) is 0 Å². The van der Waals surface area contributed by atoms with Crippen LogP contribution in [0.4, 0.5) is 11.4 Å². The Morgan fingerprint density at radius 1 is 1.22 bits per heavy atom. The van der Waals surface area contributed by atoms with Crippen LogP contribution in [0, 0.1) is 5.92 Å². The number of ether oxygens (including phenoxy) is 2. The SMILES string of the molecule is CCc1cccc(NC(=O)C2C(=O)N(c3ccc4c(c3)OCO4)N=C2C)c1. The first-order chi connectivity index (χ1) is 13.1. The summed E-state index contributed by atoms with van der Waals surface area (Å²) < 4.78 is 10.6. The van der Waals surface area contributed by atoms with Crippen molar-refractivity contribution in [1.29, 1.82) is 0 Å². The average Bonchev–Trinajstić information content (AvgIpc) is 3.25. The maximum atomic E-state index is 12.8. The number of hydrogen-bond acceptors (Lipinski definition) is 5. The Kier molecular flexibility index (Phi) is 4.27. The van der Waals surface area contributed by atoms with Crippen LogP contribution < -0.4 is 19.8 Å². The smallest absolute Gasteiger partial charge is 0.265 e. The highest BCUT2D eigenvalue weighted by Crippen LogP contribution is 2.37. The van der Waals surface area contributed by atoms with E-state index < -0.39 is 17.7 Å². The van der Waals surface area contributed by atoms with E-state index in [0.717, 1.165) is 12.0 Å². The van der Waals surface area contributed by atoms with E-state index >= 15 is 0 Å². The molecule has 0 saturated carbocycles. The highest BCUT2D eigenvalue weighted by atomic mass is 16.7. The lowest BCUT2D eigenvalue weighted by molar-refractivity contribution is -0.127. The quantitative estimate of drug-likeness (QED) is 0.845. The molecule has 2 aromatic carbocycles. The first-order valence-electron chi connectivity index (χ1n) is 8.75. The zero-order valence-corrected chi connectivity index (χ0v) is 15.1.